The Kier molecular flexibility index (Phi) is 3.99. The fourth-order valence-electron chi connectivity index (χ4n) is 0.901. The third-order valence-corrected chi connectivity index (χ3v) is 1.55. The lowest BCUT2D eigenvalue weighted by molar-refractivity contribution is -0.139. The Morgan fingerprint density at radius 3 is 2.56 bits per heavy atom. The van der Waals surface area contributed by atoms with Crippen LogP contribution in [0.4, 0.5) is 0 Å². The number of carbonyl (C=O) groups excluding carboxylic acids is 2. The highest BCUT2D eigenvalue weighted by Gasteiger charge is 2.33. The van der Waals surface area contributed by atoms with Crippen molar-refractivity contribution >= 4 is 17.5 Å². The average Bonchev–Trinajstić information content (AvgIpc) is 2.31. The van der Waals surface area contributed by atoms with E-state index in [-0.39, 0.29) is 12.4 Å². The van der Waals surface area contributed by atoms with E-state index in [1.807, 2.05) is 0 Å². The minimum absolute atomic E-state index is 0.0702. The third-order valence-electron chi connectivity index (χ3n) is 1.55. The SMILES string of the molecule is CCOC(=O)C(=[N+]=[N-])C(=O)c1ncccn1. The maximum Gasteiger partial charge on any atom is 0.449 e. The summed E-state index contributed by atoms with van der Waals surface area (Å²) >= 11 is 0. The van der Waals surface area contributed by atoms with Gasteiger partial charge in [0.1, 0.15) is 0 Å². The highest BCUT2D eigenvalue weighted by Crippen LogP contribution is 1.94. The first kappa shape index (κ1) is 11.7. The maximum absolute atomic E-state index is 11.6. The van der Waals surface area contributed by atoms with Crippen LogP contribution in [-0.4, -0.2) is 38.8 Å². The Morgan fingerprint density at radius 2 is 2.06 bits per heavy atom. The molecule has 0 aliphatic heterocycles. The number of esters is 1. The van der Waals surface area contributed by atoms with E-state index < -0.39 is 17.5 Å². The Labute approximate surface area is 90.7 Å². The van der Waals surface area contributed by atoms with Gasteiger partial charge in [0, 0.05) is 12.4 Å². The largest absolute Gasteiger partial charge is 0.457 e. The quantitative estimate of drug-likeness (QED) is 0.176. The Hall–Kier alpha value is -2.40. The molecule has 0 bridgehead atoms. The van der Waals surface area contributed by atoms with E-state index in [4.69, 9.17) is 5.53 Å². The summed E-state index contributed by atoms with van der Waals surface area (Å²) in [6, 6.07) is 1.51. The van der Waals surface area contributed by atoms with E-state index in [0.717, 1.165) is 0 Å². The van der Waals surface area contributed by atoms with Crippen molar-refractivity contribution in [2.75, 3.05) is 6.61 Å². The smallest absolute Gasteiger partial charge is 0.449 e. The van der Waals surface area contributed by atoms with Crippen LogP contribution in [0.1, 0.15) is 17.5 Å². The van der Waals surface area contributed by atoms with Crippen LogP contribution in [0.25, 0.3) is 5.53 Å². The lowest BCUT2D eigenvalue weighted by Gasteiger charge is -1.95. The summed E-state index contributed by atoms with van der Waals surface area (Å²) in [7, 11) is 0. The molecule has 1 aromatic heterocycles. The molecule has 7 nitrogen and oxygen atoms in total. The second kappa shape index (κ2) is 5.47. The highest BCUT2D eigenvalue weighted by molar-refractivity contribution is 6.65. The molecule has 7 heteroatoms. The number of carbonyl (C=O) groups is 2. The molecule has 0 aliphatic carbocycles. The first-order chi connectivity index (χ1) is 7.70. The van der Waals surface area contributed by atoms with E-state index in [1.54, 1.807) is 6.92 Å². The maximum atomic E-state index is 11.6. The number of hydrogen-bond acceptors (Lipinski definition) is 5. The molecular formula is C9H8N4O3. The van der Waals surface area contributed by atoms with Crippen molar-refractivity contribution in [2.45, 2.75) is 6.92 Å². The van der Waals surface area contributed by atoms with E-state index in [2.05, 4.69) is 19.5 Å². The normalized spacial score (nSPS) is 9.06. The summed E-state index contributed by atoms with van der Waals surface area (Å²) in [4.78, 5) is 32.6. The lowest BCUT2D eigenvalue weighted by Crippen LogP contribution is -2.28. The van der Waals surface area contributed by atoms with Crippen LogP contribution in [0.3, 0.4) is 0 Å². The minimum Gasteiger partial charge on any atom is -0.457 e. The van der Waals surface area contributed by atoms with Crippen molar-refractivity contribution < 1.29 is 19.1 Å². The first-order valence-corrected chi connectivity index (χ1v) is 4.41. The van der Waals surface area contributed by atoms with Gasteiger partial charge in [0.2, 0.25) is 5.82 Å². The zero-order chi connectivity index (χ0) is 12.0. The molecule has 0 atom stereocenters. The molecule has 0 saturated heterocycles. The molecule has 1 aromatic rings. The zero-order valence-electron chi connectivity index (χ0n) is 8.45. The van der Waals surface area contributed by atoms with Crippen LogP contribution in [0, 0.1) is 0 Å². The number of nitrogens with zero attached hydrogens (tertiary/aromatic N) is 4. The number of hydrogen-bond donors (Lipinski definition) is 0. The van der Waals surface area contributed by atoms with Crippen molar-refractivity contribution in [1.29, 1.82) is 0 Å². The molecule has 0 spiro atoms. The molecular weight excluding hydrogens is 212 g/mol. The molecule has 1 heterocycles. The molecule has 0 aliphatic rings. The van der Waals surface area contributed by atoms with Gasteiger partial charge in [0.05, 0.1) is 6.61 Å². The molecule has 0 radical (unpaired) electrons. The molecule has 0 aromatic carbocycles. The summed E-state index contributed by atoms with van der Waals surface area (Å²) in [6.07, 6.45) is 2.67. The van der Waals surface area contributed by atoms with Crippen molar-refractivity contribution in [2.24, 2.45) is 0 Å². The second-order valence-corrected chi connectivity index (χ2v) is 2.57. The standard InChI is InChI=1S/C9H8N4O3/c1-2-16-9(15)6(13-10)7(14)8-11-4-3-5-12-8/h3-5H,2H2,1H3. The Balaban J connectivity index is 2.96. The topological polar surface area (TPSA) is 106 Å². The summed E-state index contributed by atoms with van der Waals surface area (Å²) in [5.74, 6) is -2.13. The molecule has 0 unspecified atom stereocenters. The van der Waals surface area contributed by atoms with Gasteiger partial charge in [-0.05, 0) is 13.0 Å². The van der Waals surface area contributed by atoms with Crippen LogP contribution >= 0.6 is 0 Å². The molecule has 82 valence electrons. The van der Waals surface area contributed by atoms with Gasteiger partial charge in [0.25, 0.3) is 0 Å². The van der Waals surface area contributed by atoms with Gasteiger partial charge in [-0.25, -0.2) is 14.8 Å². The number of ether oxygens (including phenoxy) is 1. The van der Waals surface area contributed by atoms with Gasteiger partial charge >= 0.3 is 17.5 Å². The third kappa shape index (κ3) is 2.55. The Morgan fingerprint density at radius 1 is 1.44 bits per heavy atom. The van der Waals surface area contributed by atoms with Crippen molar-refractivity contribution in [3.8, 4) is 0 Å². The van der Waals surface area contributed by atoms with Crippen molar-refractivity contribution in [1.82, 2.24) is 9.97 Å². The van der Waals surface area contributed by atoms with Gasteiger partial charge < -0.3 is 10.3 Å². The first-order valence-electron chi connectivity index (χ1n) is 4.41. The van der Waals surface area contributed by atoms with Crippen LogP contribution in [-0.2, 0) is 9.53 Å². The average molecular weight is 220 g/mol. The predicted molar refractivity (Wildman–Crippen MR) is 51.6 cm³/mol. The summed E-state index contributed by atoms with van der Waals surface area (Å²) in [5.41, 5.74) is 7.82. The van der Waals surface area contributed by atoms with Gasteiger partial charge in [-0.3, -0.25) is 4.79 Å². The molecule has 1 rings (SSSR count). The second-order valence-electron chi connectivity index (χ2n) is 2.57. The number of ketones is 1. The van der Waals surface area contributed by atoms with Crippen molar-refractivity contribution in [3.05, 3.63) is 29.8 Å². The molecule has 0 saturated carbocycles. The fourth-order valence-corrected chi connectivity index (χ4v) is 0.901. The lowest BCUT2D eigenvalue weighted by atomic mass is 10.2. The molecule has 0 fully saturated rings. The van der Waals surface area contributed by atoms with Crippen LogP contribution in [0.15, 0.2) is 18.5 Å². The zero-order valence-corrected chi connectivity index (χ0v) is 8.45. The van der Waals surface area contributed by atoms with Crippen LogP contribution < -0.4 is 0 Å². The Bertz CT molecular complexity index is 451. The summed E-state index contributed by atoms with van der Waals surface area (Å²) in [5, 5.41) is 0. The highest BCUT2D eigenvalue weighted by atomic mass is 16.5. The van der Waals surface area contributed by atoms with Gasteiger partial charge in [-0.1, -0.05) is 0 Å². The summed E-state index contributed by atoms with van der Waals surface area (Å²) < 4.78 is 4.53. The summed E-state index contributed by atoms with van der Waals surface area (Å²) in [6.45, 7) is 1.64. The number of aromatic nitrogens is 2. The van der Waals surface area contributed by atoms with Crippen LogP contribution in [0.5, 0.6) is 0 Å². The van der Waals surface area contributed by atoms with E-state index in [1.165, 1.54) is 18.5 Å². The van der Waals surface area contributed by atoms with E-state index in [9.17, 15) is 9.59 Å². The molecule has 16 heavy (non-hydrogen) atoms. The predicted octanol–water partition coefficient (Wildman–Crippen LogP) is -0.107. The van der Waals surface area contributed by atoms with E-state index in [0.29, 0.717) is 0 Å². The number of rotatable bonds is 4. The van der Waals surface area contributed by atoms with Crippen molar-refractivity contribution in [3.63, 3.8) is 0 Å². The van der Waals surface area contributed by atoms with Gasteiger partial charge in [0.15, 0.2) is 0 Å². The van der Waals surface area contributed by atoms with Gasteiger partial charge in [-0.15, -0.1) is 0 Å². The molecule has 0 N–H and O–H groups in total. The number of Topliss-reactive ketones (excluding diaryl/α,β-unsaturated/α-hetero) is 1. The molecule has 0 amide bonds. The monoisotopic (exact) mass is 220 g/mol. The fraction of sp³-hybridized carbons (Fsp3) is 0.222. The van der Waals surface area contributed by atoms with Crippen LogP contribution in [0.2, 0.25) is 0 Å². The minimum atomic E-state index is -1.01. The van der Waals surface area contributed by atoms with Gasteiger partial charge in [-0.2, -0.15) is 4.79 Å². The van der Waals surface area contributed by atoms with E-state index >= 15 is 0 Å².